The molecule has 4 heteroatoms. The molecule has 142 valence electrons. The molecule has 0 saturated heterocycles. The van der Waals surface area contributed by atoms with E-state index >= 15 is 0 Å². The Morgan fingerprint density at radius 3 is 2.46 bits per heavy atom. The van der Waals surface area contributed by atoms with Crippen molar-refractivity contribution in [1.29, 1.82) is 0 Å². The van der Waals surface area contributed by atoms with Gasteiger partial charge in [-0.3, -0.25) is 4.79 Å². The highest BCUT2D eigenvalue weighted by Gasteiger charge is 2.15. The van der Waals surface area contributed by atoms with Crippen LogP contribution in [0.2, 0.25) is 0 Å². The first kappa shape index (κ1) is 18.2. The summed E-state index contributed by atoms with van der Waals surface area (Å²) in [7, 11) is 0. The molecule has 0 saturated carbocycles. The van der Waals surface area contributed by atoms with Crippen molar-refractivity contribution in [1.82, 2.24) is 0 Å². The van der Waals surface area contributed by atoms with E-state index in [2.05, 4.69) is 17.6 Å². The predicted molar refractivity (Wildman–Crippen MR) is 109 cm³/mol. The number of carbonyl (C=O) groups excluding carboxylic acids is 1. The van der Waals surface area contributed by atoms with E-state index in [9.17, 15) is 4.79 Å². The van der Waals surface area contributed by atoms with Crippen LogP contribution in [0, 0.1) is 0 Å². The SMILES string of the molecule is O=C(C[n+]1ccc2c(c1)CCCC2)Nc1ccc(OCc2ccccc2)cc1. The van der Waals surface area contributed by atoms with Gasteiger partial charge in [0.15, 0.2) is 12.4 Å². The molecule has 1 heterocycles. The summed E-state index contributed by atoms with van der Waals surface area (Å²) in [6.07, 6.45) is 8.90. The molecule has 28 heavy (non-hydrogen) atoms. The van der Waals surface area contributed by atoms with Gasteiger partial charge in [0.05, 0.1) is 0 Å². The van der Waals surface area contributed by atoms with E-state index in [-0.39, 0.29) is 5.91 Å². The van der Waals surface area contributed by atoms with Gasteiger partial charge in [-0.2, -0.15) is 4.57 Å². The van der Waals surface area contributed by atoms with Gasteiger partial charge >= 0.3 is 0 Å². The minimum Gasteiger partial charge on any atom is -0.489 e. The molecule has 1 amide bonds. The molecule has 0 spiro atoms. The number of nitrogens with one attached hydrogen (secondary N) is 1. The third kappa shape index (κ3) is 4.77. The molecule has 1 aromatic heterocycles. The smallest absolute Gasteiger partial charge is 0.290 e. The first-order valence-electron chi connectivity index (χ1n) is 9.84. The standard InChI is InChI=1S/C24H24N2O2/c27-24(17-26-15-14-20-8-4-5-9-21(20)16-26)25-22-10-12-23(13-11-22)28-18-19-6-2-1-3-7-19/h1-3,6-7,10-16H,4-5,8-9,17-18H2/p+1. The number of benzene rings is 2. The molecule has 1 N–H and O–H groups in total. The van der Waals surface area contributed by atoms with E-state index in [1.165, 1.54) is 24.0 Å². The average Bonchev–Trinajstić information content (AvgIpc) is 2.74. The van der Waals surface area contributed by atoms with Crippen molar-refractivity contribution in [2.45, 2.75) is 38.8 Å². The zero-order valence-corrected chi connectivity index (χ0v) is 15.9. The summed E-state index contributed by atoms with van der Waals surface area (Å²) in [6, 6.07) is 19.7. The summed E-state index contributed by atoms with van der Waals surface area (Å²) in [5.41, 5.74) is 4.70. The highest BCUT2D eigenvalue weighted by molar-refractivity contribution is 5.89. The lowest BCUT2D eigenvalue weighted by molar-refractivity contribution is -0.684. The molecule has 0 radical (unpaired) electrons. The molecular formula is C24H25N2O2+. The summed E-state index contributed by atoms with van der Waals surface area (Å²) >= 11 is 0. The van der Waals surface area contributed by atoms with Crippen molar-refractivity contribution >= 4 is 11.6 Å². The summed E-state index contributed by atoms with van der Waals surface area (Å²) in [5.74, 6) is 0.754. The third-order valence-corrected chi connectivity index (χ3v) is 5.06. The lowest BCUT2D eigenvalue weighted by Gasteiger charge is -2.13. The molecular weight excluding hydrogens is 348 g/mol. The molecule has 3 aromatic rings. The fourth-order valence-electron chi connectivity index (χ4n) is 3.56. The van der Waals surface area contributed by atoms with Gasteiger partial charge in [-0.1, -0.05) is 30.3 Å². The van der Waals surface area contributed by atoms with Crippen molar-refractivity contribution in [3.63, 3.8) is 0 Å². The van der Waals surface area contributed by atoms with Gasteiger partial charge < -0.3 is 10.1 Å². The summed E-state index contributed by atoms with van der Waals surface area (Å²) in [5, 5.41) is 2.96. The maximum absolute atomic E-state index is 12.4. The van der Waals surface area contributed by atoms with Crippen LogP contribution in [0.1, 0.15) is 29.5 Å². The van der Waals surface area contributed by atoms with E-state index in [0.717, 1.165) is 29.8 Å². The fourth-order valence-corrected chi connectivity index (χ4v) is 3.56. The highest BCUT2D eigenvalue weighted by Crippen LogP contribution is 2.19. The minimum atomic E-state index is -0.0290. The van der Waals surface area contributed by atoms with Crippen molar-refractivity contribution < 1.29 is 14.1 Å². The Morgan fingerprint density at radius 2 is 1.68 bits per heavy atom. The number of amides is 1. The quantitative estimate of drug-likeness (QED) is 0.662. The molecule has 4 nitrogen and oxygen atoms in total. The number of rotatable bonds is 6. The average molecular weight is 373 g/mol. The van der Waals surface area contributed by atoms with Gasteiger partial charge in [0.25, 0.3) is 5.91 Å². The number of anilines is 1. The summed E-state index contributed by atoms with van der Waals surface area (Å²) in [6.45, 7) is 0.848. The summed E-state index contributed by atoms with van der Waals surface area (Å²) < 4.78 is 7.75. The Bertz CT molecular complexity index is 937. The molecule has 0 aliphatic heterocycles. The van der Waals surface area contributed by atoms with E-state index in [1.807, 2.05) is 65.4 Å². The normalized spacial score (nSPS) is 12.9. The van der Waals surface area contributed by atoms with Crippen molar-refractivity contribution in [3.05, 3.63) is 89.7 Å². The first-order chi connectivity index (χ1) is 13.8. The Morgan fingerprint density at radius 1 is 0.929 bits per heavy atom. The van der Waals surface area contributed by atoms with Gasteiger partial charge in [-0.15, -0.1) is 0 Å². The lowest BCUT2D eigenvalue weighted by atomic mass is 9.93. The lowest BCUT2D eigenvalue weighted by Crippen LogP contribution is -2.40. The molecule has 0 bridgehead atoms. The van der Waals surface area contributed by atoms with Crippen LogP contribution in [-0.2, 0) is 30.8 Å². The van der Waals surface area contributed by atoms with Gasteiger partial charge in [0, 0.05) is 17.3 Å². The second-order valence-corrected chi connectivity index (χ2v) is 7.22. The number of ether oxygens (including phenoxy) is 1. The van der Waals surface area contributed by atoms with Gasteiger partial charge in [-0.25, -0.2) is 0 Å². The van der Waals surface area contributed by atoms with E-state index in [1.54, 1.807) is 0 Å². The van der Waals surface area contributed by atoms with Gasteiger partial charge in [-0.05, 0) is 61.1 Å². The Hall–Kier alpha value is -3.14. The minimum absolute atomic E-state index is 0.0290. The molecule has 0 unspecified atom stereocenters. The second kappa shape index (κ2) is 8.70. The maximum atomic E-state index is 12.4. The fraction of sp³-hybridized carbons (Fsp3) is 0.250. The van der Waals surface area contributed by atoms with Crippen LogP contribution in [0.15, 0.2) is 73.1 Å². The number of nitrogens with zero attached hydrogens (tertiary/aromatic N) is 1. The zero-order chi connectivity index (χ0) is 19.2. The number of hydrogen-bond acceptors (Lipinski definition) is 2. The van der Waals surface area contributed by atoms with Crippen LogP contribution >= 0.6 is 0 Å². The number of carbonyl (C=O) groups is 1. The number of fused-ring (bicyclic) bond motifs is 1. The van der Waals surface area contributed by atoms with Gasteiger partial charge in [0.1, 0.15) is 12.4 Å². The van der Waals surface area contributed by atoms with E-state index in [4.69, 9.17) is 4.74 Å². The zero-order valence-electron chi connectivity index (χ0n) is 15.9. The van der Waals surface area contributed by atoms with Crippen molar-refractivity contribution in [2.24, 2.45) is 0 Å². The Balaban J connectivity index is 1.30. The van der Waals surface area contributed by atoms with E-state index in [0.29, 0.717) is 13.2 Å². The third-order valence-electron chi connectivity index (χ3n) is 5.06. The van der Waals surface area contributed by atoms with Crippen LogP contribution in [-0.4, -0.2) is 5.91 Å². The predicted octanol–water partition coefficient (Wildman–Crippen LogP) is 4.07. The van der Waals surface area contributed by atoms with Crippen LogP contribution in [0.3, 0.4) is 0 Å². The van der Waals surface area contributed by atoms with Crippen LogP contribution in [0.4, 0.5) is 5.69 Å². The second-order valence-electron chi connectivity index (χ2n) is 7.22. The van der Waals surface area contributed by atoms with Crippen LogP contribution in [0.5, 0.6) is 5.75 Å². The topological polar surface area (TPSA) is 42.2 Å². The van der Waals surface area contributed by atoms with Crippen molar-refractivity contribution in [2.75, 3.05) is 5.32 Å². The molecule has 1 aliphatic rings. The first-order valence-corrected chi connectivity index (χ1v) is 9.84. The number of aromatic nitrogens is 1. The van der Waals surface area contributed by atoms with E-state index < -0.39 is 0 Å². The largest absolute Gasteiger partial charge is 0.489 e. The van der Waals surface area contributed by atoms with Crippen LogP contribution in [0.25, 0.3) is 0 Å². The molecule has 4 rings (SSSR count). The molecule has 2 aromatic carbocycles. The number of aryl methyl sites for hydroxylation is 2. The Labute approximate surface area is 165 Å². The highest BCUT2D eigenvalue weighted by atomic mass is 16.5. The molecule has 1 aliphatic carbocycles. The van der Waals surface area contributed by atoms with Gasteiger partial charge in [0.2, 0.25) is 6.54 Å². The molecule has 0 atom stereocenters. The monoisotopic (exact) mass is 373 g/mol. The number of hydrogen-bond donors (Lipinski definition) is 1. The Kier molecular flexibility index (Phi) is 5.66. The molecule has 0 fully saturated rings. The van der Waals surface area contributed by atoms with Crippen LogP contribution < -0.4 is 14.6 Å². The number of pyridine rings is 1. The summed E-state index contributed by atoms with van der Waals surface area (Å²) in [4.78, 5) is 12.4. The van der Waals surface area contributed by atoms with Crippen molar-refractivity contribution in [3.8, 4) is 5.75 Å². The maximum Gasteiger partial charge on any atom is 0.290 e.